The molecule has 30 heavy (non-hydrogen) atoms. The largest absolute Gasteiger partial charge is 0.476 e. The molecule has 1 fully saturated rings. The topological polar surface area (TPSA) is 88.2 Å². The predicted octanol–water partition coefficient (Wildman–Crippen LogP) is 2.71. The number of hydrogen-bond donors (Lipinski definition) is 1. The zero-order valence-electron chi connectivity index (χ0n) is 18.0. The van der Waals surface area contributed by atoms with Crippen LogP contribution in [0.5, 0.6) is 5.75 Å². The fourth-order valence-electron chi connectivity index (χ4n) is 3.64. The number of carbonyl (C=O) groups excluding carboxylic acids is 3. The quantitative estimate of drug-likeness (QED) is 0.814. The average Bonchev–Trinajstić information content (AvgIpc) is 2.71. The van der Waals surface area contributed by atoms with Crippen molar-refractivity contribution in [3.63, 3.8) is 0 Å². The second-order valence-electron chi connectivity index (χ2n) is 8.64. The number of piperidine rings is 1. The predicted molar refractivity (Wildman–Crippen MR) is 112 cm³/mol. The van der Waals surface area contributed by atoms with Gasteiger partial charge in [0.05, 0.1) is 12.2 Å². The van der Waals surface area contributed by atoms with Crippen molar-refractivity contribution in [2.45, 2.75) is 58.2 Å². The molecule has 0 spiro atoms. The maximum absolute atomic E-state index is 13.0. The molecule has 2 aliphatic heterocycles. The second kappa shape index (κ2) is 9.36. The standard InChI is InChI=1S/C22H31N3O5/c1-22(2,3)30-21(28)23-12-11-19(26)25-15-18(20(27)24-13-7-4-8-14-24)29-17-10-6-5-9-16(17)25/h5-6,9-10,18H,4,7-8,11-15H2,1-3H3,(H,23,28)/t18-/m1/s1. The van der Waals surface area contributed by atoms with Gasteiger partial charge >= 0.3 is 6.09 Å². The van der Waals surface area contributed by atoms with E-state index in [-0.39, 0.29) is 31.3 Å². The van der Waals surface area contributed by atoms with Gasteiger partial charge in [-0.05, 0) is 52.2 Å². The summed E-state index contributed by atoms with van der Waals surface area (Å²) in [6, 6.07) is 7.22. The second-order valence-corrected chi connectivity index (χ2v) is 8.64. The van der Waals surface area contributed by atoms with Crippen molar-refractivity contribution in [1.29, 1.82) is 0 Å². The number of fused-ring (bicyclic) bond motifs is 1. The highest BCUT2D eigenvalue weighted by Gasteiger charge is 2.36. The minimum atomic E-state index is -0.722. The van der Waals surface area contributed by atoms with Crippen LogP contribution in [0.15, 0.2) is 24.3 Å². The summed E-state index contributed by atoms with van der Waals surface area (Å²) < 4.78 is 11.1. The van der Waals surface area contributed by atoms with Gasteiger partial charge in [-0.25, -0.2) is 4.79 Å². The summed E-state index contributed by atoms with van der Waals surface area (Å²) >= 11 is 0. The number of likely N-dealkylation sites (tertiary alicyclic amines) is 1. The third-order valence-electron chi connectivity index (χ3n) is 5.02. The van der Waals surface area contributed by atoms with Crippen molar-refractivity contribution in [1.82, 2.24) is 10.2 Å². The molecule has 0 aliphatic carbocycles. The van der Waals surface area contributed by atoms with Crippen molar-refractivity contribution in [2.24, 2.45) is 0 Å². The number of hydrogen-bond acceptors (Lipinski definition) is 5. The Bertz CT molecular complexity index is 783. The third-order valence-corrected chi connectivity index (χ3v) is 5.02. The Balaban J connectivity index is 1.64. The maximum Gasteiger partial charge on any atom is 0.407 e. The van der Waals surface area contributed by atoms with E-state index in [0.717, 1.165) is 32.4 Å². The summed E-state index contributed by atoms with van der Waals surface area (Å²) in [5.74, 6) is 0.264. The highest BCUT2D eigenvalue weighted by atomic mass is 16.6. The molecule has 1 saturated heterocycles. The average molecular weight is 418 g/mol. The molecule has 8 nitrogen and oxygen atoms in total. The smallest absolute Gasteiger partial charge is 0.407 e. The SMILES string of the molecule is CC(C)(C)OC(=O)NCCC(=O)N1C[C@H](C(=O)N2CCCCC2)Oc2ccccc21. The van der Waals surface area contributed by atoms with Crippen LogP contribution in [0.25, 0.3) is 0 Å². The monoisotopic (exact) mass is 417 g/mol. The maximum atomic E-state index is 13.0. The number of nitrogens with one attached hydrogen (secondary N) is 1. The number of amides is 3. The zero-order valence-corrected chi connectivity index (χ0v) is 18.0. The number of rotatable bonds is 4. The highest BCUT2D eigenvalue weighted by molar-refractivity contribution is 5.97. The first kappa shape index (κ1) is 21.9. The summed E-state index contributed by atoms with van der Waals surface area (Å²) in [5, 5.41) is 2.60. The highest BCUT2D eigenvalue weighted by Crippen LogP contribution is 2.34. The fraction of sp³-hybridized carbons (Fsp3) is 0.591. The van der Waals surface area contributed by atoms with Crippen molar-refractivity contribution >= 4 is 23.6 Å². The number of para-hydroxylation sites is 2. The Morgan fingerprint density at radius 2 is 1.83 bits per heavy atom. The number of anilines is 1. The van der Waals surface area contributed by atoms with E-state index in [1.807, 2.05) is 17.0 Å². The Morgan fingerprint density at radius 3 is 2.53 bits per heavy atom. The number of carbonyl (C=O) groups is 3. The van der Waals surface area contributed by atoms with E-state index in [9.17, 15) is 14.4 Å². The molecule has 1 N–H and O–H groups in total. The van der Waals surface area contributed by atoms with Crippen molar-refractivity contribution in [3.8, 4) is 5.75 Å². The Kier molecular flexibility index (Phi) is 6.84. The van der Waals surface area contributed by atoms with Crippen LogP contribution < -0.4 is 15.0 Å². The molecule has 0 bridgehead atoms. The summed E-state index contributed by atoms with van der Waals surface area (Å²) in [6.45, 7) is 7.11. The van der Waals surface area contributed by atoms with E-state index >= 15 is 0 Å². The first-order valence-corrected chi connectivity index (χ1v) is 10.6. The molecule has 3 rings (SSSR count). The van der Waals surface area contributed by atoms with Crippen LogP contribution in [0.4, 0.5) is 10.5 Å². The van der Waals surface area contributed by atoms with E-state index in [1.54, 1.807) is 37.8 Å². The number of benzene rings is 1. The lowest BCUT2D eigenvalue weighted by Crippen LogP contribution is -2.53. The molecule has 1 atom stereocenters. The van der Waals surface area contributed by atoms with Crippen molar-refractivity contribution in [3.05, 3.63) is 24.3 Å². The van der Waals surface area contributed by atoms with Crippen LogP contribution in [-0.2, 0) is 14.3 Å². The Labute approximate surface area is 177 Å². The third kappa shape index (κ3) is 5.64. The summed E-state index contributed by atoms with van der Waals surface area (Å²) in [6.07, 6.45) is 1.93. The van der Waals surface area contributed by atoms with Gasteiger partial charge in [0.25, 0.3) is 5.91 Å². The number of nitrogens with zero attached hydrogens (tertiary/aromatic N) is 2. The van der Waals surface area contributed by atoms with E-state index in [2.05, 4.69) is 5.32 Å². The van der Waals surface area contributed by atoms with Crippen LogP contribution in [0.2, 0.25) is 0 Å². The summed E-state index contributed by atoms with van der Waals surface area (Å²) in [5.41, 5.74) is 0.0432. The Morgan fingerprint density at radius 1 is 1.13 bits per heavy atom. The minimum absolute atomic E-state index is 0.0751. The molecule has 164 valence electrons. The molecular formula is C22H31N3O5. The van der Waals surface area contributed by atoms with Gasteiger partial charge in [0, 0.05) is 26.1 Å². The van der Waals surface area contributed by atoms with Crippen LogP contribution in [-0.4, -0.2) is 60.7 Å². The normalized spacial score (nSPS) is 18.8. The number of ether oxygens (including phenoxy) is 2. The molecule has 8 heteroatoms. The van der Waals surface area contributed by atoms with E-state index in [0.29, 0.717) is 11.4 Å². The van der Waals surface area contributed by atoms with E-state index in [1.165, 1.54) is 0 Å². The van der Waals surface area contributed by atoms with Gasteiger partial charge in [0.15, 0.2) is 6.10 Å². The molecule has 0 unspecified atom stereocenters. The van der Waals surface area contributed by atoms with Gasteiger partial charge in [-0.2, -0.15) is 0 Å². The van der Waals surface area contributed by atoms with Crippen LogP contribution >= 0.6 is 0 Å². The van der Waals surface area contributed by atoms with Gasteiger partial charge in [0.2, 0.25) is 5.91 Å². The molecule has 0 radical (unpaired) electrons. The molecular weight excluding hydrogens is 386 g/mol. The lowest BCUT2D eigenvalue weighted by molar-refractivity contribution is -0.139. The molecule has 1 aromatic rings. The first-order chi connectivity index (χ1) is 14.2. The Hall–Kier alpha value is -2.77. The lowest BCUT2D eigenvalue weighted by Gasteiger charge is -2.37. The zero-order chi connectivity index (χ0) is 21.7. The van der Waals surface area contributed by atoms with Crippen molar-refractivity contribution < 1.29 is 23.9 Å². The van der Waals surface area contributed by atoms with Crippen LogP contribution in [0.3, 0.4) is 0 Å². The molecule has 0 saturated carbocycles. The van der Waals surface area contributed by atoms with Crippen molar-refractivity contribution in [2.75, 3.05) is 31.1 Å². The van der Waals surface area contributed by atoms with E-state index < -0.39 is 17.8 Å². The number of alkyl carbamates (subject to hydrolysis) is 1. The molecule has 2 aliphatic rings. The van der Waals surface area contributed by atoms with Gasteiger partial charge in [-0.3, -0.25) is 9.59 Å². The van der Waals surface area contributed by atoms with Gasteiger partial charge < -0.3 is 24.6 Å². The summed E-state index contributed by atoms with van der Waals surface area (Å²) in [7, 11) is 0. The van der Waals surface area contributed by atoms with Crippen LogP contribution in [0.1, 0.15) is 46.5 Å². The first-order valence-electron chi connectivity index (χ1n) is 10.6. The van der Waals surface area contributed by atoms with Gasteiger partial charge in [-0.1, -0.05) is 12.1 Å². The molecule has 0 aromatic heterocycles. The lowest BCUT2D eigenvalue weighted by atomic mass is 10.1. The molecule has 1 aromatic carbocycles. The van der Waals surface area contributed by atoms with Gasteiger partial charge in [-0.15, -0.1) is 0 Å². The minimum Gasteiger partial charge on any atom is -0.476 e. The van der Waals surface area contributed by atoms with Gasteiger partial charge in [0.1, 0.15) is 11.4 Å². The summed E-state index contributed by atoms with van der Waals surface area (Å²) in [4.78, 5) is 41.1. The molecule has 2 heterocycles. The van der Waals surface area contributed by atoms with E-state index in [4.69, 9.17) is 9.47 Å². The van der Waals surface area contributed by atoms with Crippen LogP contribution in [0, 0.1) is 0 Å². The molecule has 3 amide bonds. The fourth-order valence-corrected chi connectivity index (χ4v) is 3.64.